The molecule has 2 heterocycles. The van der Waals surface area contributed by atoms with Crippen molar-refractivity contribution in [2.45, 2.75) is 38.1 Å². The van der Waals surface area contributed by atoms with Gasteiger partial charge in [0.25, 0.3) is 5.91 Å². The van der Waals surface area contributed by atoms with E-state index in [0.717, 1.165) is 43.2 Å². The zero-order chi connectivity index (χ0) is 14.8. The highest BCUT2D eigenvalue weighted by Gasteiger charge is 2.28. The number of rotatable bonds is 4. The summed E-state index contributed by atoms with van der Waals surface area (Å²) in [5, 5.41) is 2.76. The average Bonchev–Trinajstić information content (AvgIpc) is 3.27. The van der Waals surface area contributed by atoms with E-state index in [1.54, 1.807) is 0 Å². The van der Waals surface area contributed by atoms with Gasteiger partial charge in [-0.2, -0.15) is 0 Å². The third-order valence-electron chi connectivity index (χ3n) is 4.10. The number of likely N-dealkylation sites (tertiary alicyclic amines) is 1. The summed E-state index contributed by atoms with van der Waals surface area (Å²) in [7, 11) is 0. The number of nitrogens with zero attached hydrogens (tertiary/aromatic N) is 2. The van der Waals surface area contributed by atoms with E-state index in [1.165, 1.54) is 6.42 Å². The molecule has 1 aliphatic heterocycles. The highest BCUT2D eigenvalue weighted by molar-refractivity contribution is 9.10. The summed E-state index contributed by atoms with van der Waals surface area (Å²) in [4.78, 5) is 26.2. The van der Waals surface area contributed by atoms with Gasteiger partial charge in [-0.15, -0.1) is 0 Å². The molecule has 0 atom stereocenters. The predicted molar refractivity (Wildman–Crippen MR) is 83.2 cm³/mol. The maximum Gasteiger partial charge on any atom is 0.268 e. The van der Waals surface area contributed by atoms with Crippen LogP contribution in [-0.2, 0) is 4.79 Å². The van der Waals surface area contributed by atoms with Gasteiger partial charge >= 0.3 is 0 Å². The minimum absolute atomic E-state index is 0.0200. The zero-order valence-corrected chi connectivity index (χ0v) is 13.6. The normalized spacial score (nSPS) is 18.6. The van der Waals surface area contributed by atoms with Gasteiger partial charge in [-0.05, 0) is 54.1 Å². The molecule has 0 radical (unpaired) electrons. The Labute approximate surface area is 132 Å². The Kier molecular flexibility index (Phi) is 4.33. The molecule has 1 aromatic heterocycles. The lowest BCUT2D eigenvalue weighted by molar-refractivity contribution is -0.130. The molecular weight excluding hydrogens is 334 g/mol. The maximum atomic E-state index is 12.3. The van der Waals surface area contributed by atoms with Crippen LogP contribution in [0.25, 0.3) is 0 Å². The average molecular weight is 354 g/mol. The highest BCUT2D eigenvalue weighted by atomic mass is 79.9. The van der Waals surface area contributed by atoms with Gasteiger partial charge in [0.05, 0.1) is 6.54 Å². The molecule has 0 aromatic carbocycles. The summed E-state index contributed by atoms with van der Waals surface area (Å²) in [6, 6.07) is 2.26. The number of nitrogens with one attached hydrogen (secondary N) is 1. The van der Waals surface area contributed by atoms with Crippen molar-refractivity contribution < 1.29 is 9.59 Å². The fourth-order valence-electron chi connectivity index (χ4n) is 2.78. The molecule has 6 heteroatoms. The lowest BCUT2D eigenvalue weighted by Gasteiger charge is -2.26. The van der Waals surface area contributed by atoms with Crippen LogP contribution < -0.4 is 5.32 Å². The standard InChI is InChI=1S/C15H20BrN3O2/c16-11-8-13(19(10-11)12-4-5-12)15(21)17-9-14(20)18-6-2-1-3-7-18/h8,10,12H,1-7,9H2,(H,17,21). The third-order valence-corrected chi connectivity index (χ3v) is 4.53. The summed E-state index contributed by atoms with van der Waals surface area (Å²) in [6.45, 7) is 1.73. The predicted octanol–water partition coefficient (Wildman–Crippen LogP) is 2.33. The van der Waals surface area contributed by atoms with Crippen LogP contribution in [0, 0.1) is 0 Å². The van der Waals surface area contributed by atoms with Gasteiger partial charge < -0.3 is 14.8 Å². The van der Waals surface area contributed by atoms with E-state index in [-0.39, 0.29) is 18.4 Å². The van der Waals surface area contributed by atoms with Crippen LogP contribution in [0.3, 0.4) is 0 Å². The molecule has 1 saturated heterocycles. The van der Waals surface area contributed by atoms with Crippen molar-refractivity contribution in [2.75, 3.05) is 19.6 Å². The van der Waals surface area contributed by atoms with Gasteiger partial charge in [0.2, 0.25) is 5.91 Å². The Morgan fingerprint density at radius 1 is 1.24 bits per heavy atom. The summed E-state index contributed by atoms with van der Waals surface area (Å²) < 4.78 is 2.91. The second-order valence-corrected chi connectivity index (χ2v) is 6.72. The fraction of sp³-hybridized carbons (Fsp3) is 0.600. The smallest absolute Gasteiger partial charge is 0.268 e. The van der Waals surface area contributed by atoms with E-state index < -0.39 is 0 Å². The molecule has 2 aliphatic rings. The Balaban J connectivity index is 1.57. The minimum atomic E-state index is -0.169. The minimum Gasteiger partial charge on any atom is -0.342 e. The quantitative estimate of drug-likeness (QED) is 0.902. The largest absolute Gasteiger partial charge is 0.342 e. The van der Waals surface area contributed by atoms with Gasteiger partial charge in [0, 0.05) is 29.8 Å². The van der Waals surface area contributed by atoms with Crippen LogP contribution in [0.4, 0.5) is 0 Å². The number of hydrogen-bond donors (Lipinski definition) is 1. The molecule has 1 aliphatic carbocycles. The van der Waals surface area contributed by atoms with Crippen molar-refractivity contribution in [1.29, 1.82) is 0 Å². The molecule has 0 spiro atoms. The molecule has 114 valence electrons. The molecule has 0 unspecified atom stereocenters. The summed E-state index contributed by atoms with van der Waals surface area (Å²) in [6.07, 6.45) is 7.51. The first kappa shape index (κ1) is 14.6. The first-order chi connectivity index (χ1) is 10.1. The van der Waals surface area contributed by atoms with Crippen molar-refractivity contribution in [3.05, 3.63) is 22.4 Å². The van der Waals surface area contributed by atoms with Crippen LogP contribution in [-0.4, -0.2) is 40.9 Å². The second-order valence-electron chi connectivity index (χ2n) is 5.81. The van der Waals surface area contributed by atoms with E-state index in [0.29, 0.717) is 11.7 Å². The van der Waals surface area contributed by atoms with E-state index in [4.69, 9.17) is 0 Å². The summed E-state index contributed by atoms with van der Waals surface area (Å²) >= 11 is 3.41. The molecule has 1 saturated carbocycles. The number of carbonyl (C=O) groups excluding carboxylic acids is 2. The van der Waals surface area contributed by atoms with Crippen LogP contribution in [0.1, 0.15) is 48.6 Å². The lowest BCUT2D eigenvalue weighted by Crippen LogP contribution is -2.42. The number of carbonyl (C=O) groups is 2. The van der Waals surface area contributed by atoms with Crippen molar-refractivity contribution in [1.82, 2.24) is 14.8 Å². The van der Waals surface area contributed by atoms with E-state index in [1.807, 2.05) is 21.7 Å². The van der Waals surface area contributed by atoms with Crippen LogP contribution in [0.5, 0.6) is 0 Å². The Hall–Kier alpha value is -1.30. The molecule has 2 fully saturated rings. The Bertz CT molecular complexity index is 545. The fourth-order valence-corrected chi connectivity index (χ4v) is 3.22. The third kappa shape index (κ3) is 3.48. The number of halogens is 1. The molecule has 21 heavy (non-hydrogen) atoms. The maximum absolute atomic E-state index is 12.3. The molecule has 1 aromatic rings. The molecular formula is C15H20BrN3O2. The Morgan fingerprint density at radius 3 is 2.62 bits per heavy atom. The number of amides is 2. The SMILES string of the molecule is O=C(NCC(=O)N1CCCCC1)c1cc(Br)cn1C1CC1. The molecule has 3 rings (SSSR count). The van der Waals surface area contributed by atoms with Crippen LogP contribution in [0.2, 0.25) is 0 Å². The Morgan fingerprint density at radius 2 is 1.95 bits per heavy atom. The second kappa shape index (κ2) is 6.22. The van der Waals surface area contributed by atoms with E-state index in [2.05, 4.69) is 21.2 Å². The summed E-state index contributed by atoms with van der Waals surface area (Å²) in [5.41, 5.74) is 0.635. The van der Waals surface area contributed by atoms with Gasteiger partial charge in [-0.3, -0.25) is 9.59 Å². The molecule has 5 nitrogen and oxygen atoms in total. The van der Waals surface area contributed by atoms with Crippen LogP contribution in [0.15, 0.2) is 16.7 Å². The lowest BCUT2D eigenvalue weighted by atomic mass is 10.1. The number of hydrogen-bond acceptors (Lipinski definition) is 2. The van der Waals surface area contributed by atoms with Gasteiger partial charge in [-0.25, -0.2) is 0 Å². The van der Waals surface area contributed by atoms with E-state index in [9.17, 15) is 9.59 Å². The van der Waals surface area contributed by atoms with Crippen molar-refractivity contribution in [3.8, 4) is 0 Å². The number of piperidine rings is 1. The molecule has 2 amide bonds. The van der Waals surface area contributed by atoms with Gasteiger partial charge in [0.1, 0.15) is 5.69 Å². The summed E-state index contributed by atoms with van der Waals surface area (Å²) in [5.74, 6) is -0.149. The van der Waals surface area contributed by atoms with Crippen LogP contribution >= 0.6 is 15.9 Å². The first-order valence-corrected chi connectivity index (χ1v) is 8.38. The zero-order valence-electron chi connectivity index (χ0n) is 12.0. The first-order valence-electron chi connectivity index (χ1n) is 7.58. The topological polar surface area (TPSA) is 54.3 Å². The van der Waals surface area contributed by atoms with Crippen molar-refractivity contribution >= 4 is 27.7 Å². The highest BCUT2D eigenvalue weighted by Crippen LogP contribution is 2.37. The molecule has 0 bridgehead atoms. The van der Waals surface area contributed by atoms with E-state index >= 15 is 0 Å². The van der Waals surface area contributed by atoms with Gasteiger partial charge in [0.15, 0.2) is 0 Å². The van der Waals surface area contributed by atoms with Crippen molar-refractivity contribution in [3.63, 3.8) is 0 Å². The number of aromatic nitrogens is 1. The monoisotopic (exact) mass is 353 g/mol. The van der Waals surface area contributed by atoms with Gasteiger partial charge in [-0.1, -0.05) is 0 Å². The molecule has 1 N–H and O–H groups in total. The van der Waals surface area contributed by atoms with Crippen molar-refractivity contribution in [2.24, 2.45) is 0 Å².